The first kappa shape index (κ1) is 21.2. The van der Waals surface area contributed by atoms with Gasteiger partial charge in [0.25, 0.3) is 0 Å². The van der Waals surface area contributed by atoms with Gasteiger partial charge in [0.2, 0.25) is 0 Å². The highest BCUT2D eigenvalue weighted by atomic mass is 127. The van der Waals surface area contributed by atoms with Crippen LogP contribution in [0.5, 0.6) is 11.5 Å². The van der Waals surface area contributed by atoms with E-state index in [1.165, 1.54) is 0 Å². The number of aliphatic imine (C=N–C) groups is 1. The molecule has 1 saturated heterocycles. The van der Waals surface area contributed by atoms with E-state index in [4.69, 9.17) is 9.47 Å². The van der Waals surface area contributed by atoms with Crippen LogP contribution in [0.4, 0.5) is 0 Å². The second kappa shape index (κ2) is 9.60. The zero-order valence-corrected chi connectivity index (χ0v) is 18.2. The maximum absolute atomic E-state index is 5.49. The molecule has 5 nitrogen and oxygen atoms in total. The predicted octanol–water partition coefficient (Wildman–Crippen LogP) is 3.22. The average Bonchev–Trinajstić information content (AvgIpc) is 2.54. The Labute approximate surface area is 166 Å². The number of ether oxygens (including phenoxy) is 2. The molecule has 1 aromatic carbocycles. The fraction of sp³-hybridized carbons (Fsp3) is 0.588. The summed E-state index contributed by atoms with van der Waals surface area (Å²) in [4.78, 5) is 6.76. The van der Waals surface area contributed by atoms with Crippen molar-refractivity contribution in [3.8, 4) is 11.5 Å². The van der Waals surface area contributed by atoms with Crippen molar-refractivity contribution in [2.75, 3.05) is 40.1 Å². The molecule has 1 aromatic rings. The molecule has 24 heavy (non-hydrogen) atoms. The number of nitrogens with one attached hydrogen (secondary N) is 1. The second-order valence-electron chi connectivity index (χ2n) is 6.08. The quantitative estimate of drug-likeness (QED) is 0.421. The highest BCUT2D eigenvalue weighted by molar-refractivity contribution is 14.0. The number of hydrogen-bond acceptors (Lipinski definition) is 4. The number of nitrogens with zero attached hydrogens (tertiary/aromatic N) is 2. The highest BCUT2D eigenvalue weighted by Gasteiger charge is 2.28. The van der Waals surface area contributed by atoms with Gasteiger partial charge in [-0.25, -0.2) is 0 Å². The third-order valence-electron chi connectivity index (χ3n) is 3.86. The van der Waals surface area contributed by atoms with Gasteiger partial charge in [0, 0.05) is 42.7 Å². The summed E-state index contributed by atoms with van der Waals surface area (Å²) >= 11 is 2.02. The molecule has 136 valence electrons. The van der Waals surface area contributed by atoms with Crippen LogP contribution in [0, 0.1) is 0 Å². The van der Waals surface area contributed by atoms with Crippen molar-refractivity contribution in [3.05, 3.63) is 23.8 Å². The first-order chi connectivity index (χ1) is 11.0. The van der Waals surface area contributed by atoms with Crippen LogP contribution in [0.1, 0.15) is 19.4 Å². The monoisotopic (exact) mass is 465 g/mol. The molecule has 1 N–H and O–H groups in total. The molecule has 0 saturated carbocycles. The zero-order chi connectivity index (χ0) is 16.9. The van der Waals surface area contributed by atoms with Crippen LogP contribution in [0.25, 0.3) is 0 Å². The van der Waals surface area contributed by atoms with Gasteiger partial charge in [0.1, 0.15) is 0 Å². The van der Waals surface area contributed by atoms with Crippen LogP contribution in [0.15, 0.2) is 23.2 Å². The molecule has 0 aromatic heterocycles. The third-order valence-corrected chi connectivity index (χ3v) is 5.16. The molecule has 2 rings (SSSR count). The predicted molar refractivity (Wildman–Crippen MR) is 113 cm³/mol. The first-order valence-corrected chi connectivity index (χ1v) is 8.78. The highest BCUT2D eigenvalue weighted by Crippen LogP contribution is 2.31. The molecule has 0 amide bonds. The van der Waals surface area contributed by atoms with Crippen molar-refractivity contribution < 1.29 is 9.47 Å². The van der Waals surface area contributed by atoms with Gasteiger partial charge in [0.15, 0.2) is 17.5 Å². The van der Waals surface area contributed by atoms with E-state index in [0.717, 1.165) is 41.9 Å². The van der Waals surface area contributed by atoms with E-state index in [-0.39, 0.29) is 28.7 Å². The second-order valence-corrected chi connectivity index (χ2v) is 7.89. The molecule has 1 aliphatic rings. The molecular formula is C17H28IN3O2S. The Morgan fingerprint density at radius 2 is 2.08 bits per heavy atom. The van der Waals surface area contributed by atoms with E-state index in [2.05, 4.69) is 29.1 Å². The van der Waals surface area contributed by atoms with Gasteiger partial charge in [-0.1, -0.05) is 12.1 Å². The summed E-state index contributed by atoms with van der Waals surface area (Å²) in [6, 6.07) is 5.92. The summed E-state index contributed by atoms with van der Waals surface area (Å²) in [5.41, 5.74) is 1.05. The minimum absolute atomic E-state index is 0. The molecule has 0 unspecified atom stereocenters. The first-order valence-electron chi connectivity index (χ1n) is 7.80. The maximum Gasteiger partial charge on any atom is 0.193 e. The normalized spacial score (nSPS) is 17.0. The number of guanidine groups is 1. The van der Waals surface area contributed by atoms with Gasteiger partial charge in [-0.05, 0) is 19.9 Å². The molecule has 7 heteroatoms. The molecular weight excluding hydrogens is 437 g/mol. The number of hydrogen-bond donors (Lipinski definition) is 1. The fourth-order valence-corrected chi connectivity index (χ4v) is 3.91. The standard InChI is InChI=1S/C17H27N3O2S.HI/c1-17(2)12-20(9-10-23-17)16(18-3)19-11-13-7-6-8-14(21-4)15(13)22-5;/h6-8H,9-12H2,1-5H3,(H,18,19);1H. The van der Waals surface area contributed by atoms with Crippen molar-refractivity contribution in [3.63, 3.8) is 0 Å². The Kier molecular flexibility index (Phi) is 8.49. The lowest BCUT2D eigenvalue weighted by atomic mass is 10.1. The lowest BCUT2D eigenvalue weighted by molar-refractivity contribution is 0.350. The van der Waals surface area contributed by atoms with Crippen LogP contribution in [0.2, 0.25) is 0 Å². The van der Waals surface area contributed by atoms with Crippen molar-refractivity contribution in [2.45, 2.75) is 25.1 Å². The summed E-state index contributed by atoms with van der Waals surface area (Å²) in [7, 11) is 5.15. The maximum atomic E-state index is 5.49. The van der Waals surface area contributed by atoms with Crippen molar-refractivity contribution in [2.24, 2.45) is 4.99 Å². The molecule has 0 spiro atoms. The van der Waals surface area contributed by atoms with Crippen LogP contribution in [-0.4, -0.2) is 55.7 Å². The van der Waals surface area contributed by atoms with Crippen molar-refractivity contribution in [1.29, 1.82) is 0 Å². The summed E-state index contributed by atoms with van der Waals surface area (Å²) in [5, 5.41) is 3.45. The van der Waals surface area contributed by atoms with Crippen LogP contribution in [-0.2, 0) is 6.54 Å². The Morgan fingerprint density at radius 1 is 1.33 bits per heavy atom. The third kappa shape index (κ3) is 5.34. The Hall–Kier alpha value is -0.830. The number of rotatable bonds is 4. The van der Waals surface area contributed by atoms with Gasteiger partial charge in [-0.2, -0.15) is 11.8 Å². The van der Waals surface area contributed by atoms with Crippen molar-refractivity contribution in [1.82, 2.24) is 10.2 Å². The number of thioether (sulfide) groups is 1. The zero-order valence-electron chi connectivity index (χ0n) is 15.1. The topological polar surface area (TPSA) is 46.1 Å². The van der Waals surface area contributed by atoms with Crippen LogP contribution in [0.3, 0.4) is 0 Å². The molecule has 0 aliphatic carbocycles. The molecule has 0 bridgehead atoms. The van der Waals surface area contributed by atoms with Gasteiger partial charge in [0.05, 0.1) is 14.2 Å². The Balaban J connectivity index is 0.00000288. The summed E-state index contributed by atoms with van der Waals surface area (Å²) in [6.45, 7) is 7.22. The molecule has 1 fully saturated rings. The Bertz CT molecular complexity index is 567. The Morgan fingerprint density at radius 3 is 2.67 bits per heavy atom. The molecule has 1 heterocycles. The van der Waals surface area contributed by atoms with Gasteiger partial charge in [-0.15, -0.1) is 24.0 Å². The van der Waals surface area contributed by atoms with Gasteiger partial charge >= 0.3 is 0 Å². The minimum atomic E-state index is 0. The van der Waals surface area contributed by atoms with E-state index < -0.39 is 0 Å². The average molecular weight is 465 g/mol. The SMILES string of the molecule is CN=C(NCc1cccc(OC)c1OC)N1CCSC(C)(C)C1.I. The van der Waals surface area contributed by atoms with E-state index in [9.17, 15) is 0 Å². The summed E-state index contributed by atoms with van der Waals surface area (Å²) in [6.07, 6.45) is 0. The number of benzene rings is 1. The van der Waals surface area contributed by atoms with Crippen molar-refractivity contribution >= 4 is 41.7 Å². The molecule has 0 radical (unpaired) electrons. The summed E-state index contributed by atoms with van der Waals surface area (Å²) in [5.74, 6) is 3.57. The van der Waals surface area contributed by atoms with E-state index in [0.29, 0.717) is 6.54 Å². The van der Waals surface area contributed by atoms with Crippen LogP contribution < -0.4 is 14.8 Å². The van der Waals surface area contributed by atoms with Gasteiger partial charge < -0.3 is 19.7 Å². The largest absolute Gasteiger partial charge is 0.493 e. The molecule has 1 aliphatic heterocycles. The lowest BCUT2D eigenvalue weighted by Gasteiger charge is -2.39. The lowest BCUT2D eigenvalue weighted by Crippen LogP contribution is -2.50. The fourth-order valence-electron chi connectivity index (χ4n) is 2.80. The number of para-hydroxylation sites is 1. The smallest absolute Gasteiger partial charge is 0.193 e. The van der Waals surface area contributed by atoms with Gasteiger partial charge in [-0.3, -0.25) is 4.99 Å². The summed E-state index contributed by atoms with van der Waals surface area (Å²) < 4.78 is 11.1. The number of methoxy groups -OCH3 is 2. The van der Waals surface area contributed by atoms with Crippen LogP contribution >= 0.6 is 35.7 Å². The van der Waals surface area contributed by atoms with E-state index in [1.54, 1.807) is 14.2 Å². The van der Waals surface area contributed by atoms with E-state index in [1.807, 2.05) is 37.0 Å². The molecule has 0 atom stereocenters. The number of halogens is 1. The van der Waals surface area contributed by atoms with E-state index >= 15 is 0 Å². The minimum Gasteiger partial charge on any atom is -0.493 e.